The van der Waals surface area contributed by atoms with Crippen LogP contribution in [0.15, 0.2) is 48.5 Å². The highest BCUT2D eigenvalue weighted by atomic mass is 35.5. The predicted molar refractivity (Wildman–Crippen MR) is 105 cm³/mol. The number of rotatable bonds is 5. The van der Waals surface area contributed by atoms with Crippen molar-refractivity contribution in [2.75, 3.05) is 32.8 Å². The molecule has 2 aromatic rings. The normalized spacial score (nSPS) is 15.8. The van der Waals surface area contributed by atoms with Crippen molar-refractivity contribution in [3.05, 3.63) is 64.7 Å². The lowest BCUT2D eigenvalue weighted by Gasteiger charge is -2.37. The molecule has 6 heteroatoms. The van der Waals surface area contributed by atoms with E-state index in [-0.39, 0.29) is 18.6 Å². The first-order valence-electron chi connectivity index (χ1n) is 8.94. The Morgan fingerprint density at radius 1 is 1.15 bits per heavy atom. The third-order valence-electron chi connectivity index (χ3n) is 4.81. The molecule has 0 radical (unpaired) electrons. The van der Waals surface area contributed by atoms with Gasteiger partial charge in [-0.1, -0.05) is 35.9 Å². The van der Waals surface area contributed by atoms with Gasteiger partial charge in [-0.15, -0.1) is 0 Å². The zero-order chi connectivity index (χ0) is 19.2. The maximum atomic E-state index is 12.4. The van der Waals surface area contributed by atoms with Crippen LogP contribution in [-0.2, 0) is 4.79 Å². The minimum Gasteiger partial charge on any atom is -0.484 e. The molecule has 2 aromatic carbocycles. The lowest BCUT2D eigenvalue weighted by atomic mass is 10.0. The maximum absolute atomic E-state index is 12.4. The molecule has 0 bridgehead atoms. The number of hydrogen-bond donors (Lipinski definition) is 0. The molecule has 1 aliphatic rings. The van der Waals surface area contributed by atoms with Crippen LogP contribution in [0.1, 0.15) is 17.2 Å². The molecular weight excluding hydrogens is 362 g/mol. The van der Waals surface area contributed by atoms with Crippen molar-refractivity contribution in [2.45, 2.75) is 13.0 Å². The Morgan fingerprint density at radius 2 is 1.81 bits per heavy atom. The summed E-state index contributed by atoms with van der Waals surface area (Å²) in [6.07, 6.45) is 0. The van der Waals surface area contributed by atoms with Crippen molar-refractivity contribution in [2.24, 2.45) is 0 Å². The standard InChI is InChI=1S/C21H22ClN3O2/c1-16-4-2-3-5-19(16)20(14-23)24-10-12-25(13-11-24)21(26)15-27-18-8-6-17(22)7-9-18/h2-9,20H,10-13,15H2,1H3. The number of nitrogens with zero attached hydrogens (tertiary/aromatic N) is 3. The molecule has 0 N–H and O–H groups in total. The van der Waals surface area contributed by atoms with Crippen molar-refractivity contribution in [1.82, 2.24) is 9.80 Å². The van der Waals surface area contributed by atoms with E-state index in [1.165, 1.54) is 0 Å². The van der Waals surface area contributed by atoms with Crippen LogP contribution in [0.5, 0.6) is 5.75 Å². The van der Waals surface area contributed by atoms with Gasteiger partial charge in [-0.2, -0.15) is 5.26 Å². The van der Waals surface area contributed by atoms with Gasteiger partial charge in [0, 0.05) is 31.2 Å². The average Bonchev–Trinajstić information content (AvgIpc) is 2.70. The van der Waals surface area contributed by atoms with E-state index in [2.05, 4.69) is 11.0 Å². The van der Waals surface area contributed by atoms with E-state index in [1.807, 2.05) is 31.2 Å². The topological polar surface area (TPSA) is 56.6 Å². The van der Waals surface area contributed by atoms with E-state index in [0.717, 1.165) is 11.1 Å². The molecule has 27 heavy (non-hydrogen) atoms. The largest absolute Gasteiger partial charge is 0.484 e. The molecule has 0 saturated carbocycles. The van der Waals surface area contributed by atoms with Crippen LogP contribution in [0.25, 0.3) is 0 Å². The highest BCUT2D eigenvalue weighted by molar-refractivity contribution is 6.30. The molecular formula is C21H22ClN3O2. The van der Waals surface area contributed by atoms with Gasteiger partial charge in [-0.05, 0) is 42.3 Å². The Labute approximate surface area is 164 Å². The monoisotopic (exact) mass is 383 g/mol. The molecule has 1 amide bonds. The van der Waals surface area contributed by atoms with Crippen molar-refractivity contribution in [3.63, 3.8) is 0 Å². The highest BCUT2D eigenvalue weighted by Crippen LogP contribution is 2.24. The summed E-state index contributed by atoms with van der Waals surface area (Å²) in [6, 6.07) is 17.0. The first-order valence-corrected chi connectivity index (χ1v) is 9.31. The van der Waals surface area contributed by atoms with Crippen molar-refractivity contribution in [3.8, 4) is 11.8 Å². The van der Waals surface area contributed by atoms with Crippen molar-refractivity contribution >= 4 is 17.5 Å². The van der Waals surface area contributed by atoms with E-state index >= 15 is 0 Å². The molecule has 1 atom stereocenters. The molecule has 140 valence electrons. The van der Waals surface area contributed by atoms with Gasteiger partial charge in [0.1, 0.15) is 11.8 Å². The summed E-state index contributed by atoms with van der Waals surface area (Å²) in [4.78, 5) is 16.3. The van der Waals surface area contributed by atoms with Gasteiger partial charge in [0.05, 0.1) is 6.07 Å². The first kappa shape index (κ1) is 19.2. The van der Waals surface area contributed by atoms with Crippen LogP contribution in [0.3, 0.4) is 0 Å². The van der Waals surface area contributed by atoms with E-state index in [1.54, 1.807) is 29.2 Å². The average molecular weight is 384 g/mol. The summed E-state index contributed by atoms with van der Waals surface area (Å²) in [5.74, 6) is 0.574. The number of hydrogen-bond acceptors (Lipinski definition) is 4. The summed E-state index contributed by atoms with van der Waals surface area (Å²) in [5.41, 5.74) is 2.14. The number of benzene rings is 2. The van der Waals surface area contributed by atoms with Crippen LogP contribution in [-0.4, -0.2) is 48.5 Å². The van der Waals surface area contributed by atoms with Crippen LogP contribution in [0.4, 0.5) is 0 Å². The van der Waals surface area contributed by atoms with Gasteiger partial charge in [0.15, 0.2) is 6.61 Å². The predicted octanol–water partition coefficient (Wildman–Crippen LogP) is 3.44. The molecule has 1 saturated heterocycles. The zero-order valence-electron chi connectivity index (χ0n) is 15.3. The fourth-order valence-corrected chi connectivity index (χ4v) is 3.36. The number of amides is 1. The summed E-state index contributed by atoms with van der Waals surface area (Å²) in [7, 11) is 0. The van der Waals surface area contributed by atoms with Crippen LogP contribution in [0, 0.1) is 18.3 Å². The van der Waals surface area contributed by atoms with Crippen LogP contribution < -0.4 is 4.74 Å². The Morgan fingerprint density at radius 3 is 2.44 bits per heavy atom. The number of aryl methyl sites for hydroxylation is 1. The van der Waals surface area contributed by atoms with E-state index in [0.29, 0.717) is 37.0 Å². The quantitative estimate of drug-likeness (QED) is 0.793. The minimum absolute atomic E-state index is 0.00110. The SMILES string of the molecule is Cc1ccccc1C(C#N)N1CCN(C(=O)COc2ccc(Cl)cc2)CC1. The second-order valence-electron chi connectivity index (χ2n) is 6.55. The lowest BCUT2D eigenvalue weighted by Crippen LogP contribution is -2.50. The smallest absolute Gasteiger partial charge is 0.260 e. The lowest BCUT2D eigenvalue weighted by molar-refractivity contribution is -0.135. The van der Waals surface area contributed by atoms with Crippen molar-refractivity contribution in [1.29, 1.82) is 5.26 Å². The first-order chi connectivity index (χ1) is 13.1. The highest BCUT2D eigenvalue weighted by Gasteiger charge is 2.27. The third-order valence-corrected chi connectivity index (χ3v) is 5.07. The van der Waals surface area contributed by atoms with Gasteiger partial charge < -0.3 is 9.64 Å². The Bertz CT molecular complexity index is 824. The molecule has 1 fully saturated rings. The van der Waals surface area contributed by atoms with Gasteiger partial charge in [0.2, 0.25) is 0 Å². The molecule has 0 aromatic heterocycles. The summed E-state index contributed by atoms with van der Waals surface area (Å²) in [6.45, 7) is 4.53. The van der Waals surface area contributed by atoms with Gasteiger partial charge in [-0.25, -0.2) is 0 Å². The number of carbonyl (C=O) groups excluding carboxylic acids is 1. The van der Waals surface area contributed by atoms with Gasteiger partial charge in [-0.3, -0.25) is 9.69 Å². The Balaban J connectivity index is 1.53. The van der Waals surface area contributed by atoms with Crippen LogP contribution in [0.2, 0.25) is 5.02 Å². The number of carbonyl (C=O) groups is 1. The number of halogens is 1. The molecule has 0 spiro atoms. The molecule has 1 heterocycles. The molecule has 0 aliphatic carbocycles. The molecule has 3 rings (SSSR count). The summed E-state index contributed by atoms with van der Waals surface area (Å²) >= 11 is 5.84. The summed E-state index contributed by atoms with van der Waals surface area (Å²) < 4.78 is 5.54. The fourth-order valence-electron chi connectivity index (χ4n) is 3.24. The van der Waals surface area contributed by atoms with E-state index in [9.17, 15) is 10.1 Å². The zero-order valence-corrected chi connectivity index (χ0v) is 16.0. The summed E-state index contributed by atoms with van der Waals surface area (Å²) in [5, 5.41) is 10.3. The minimum atomic E-state index is -0.284. The van der Waals surface area contributed by atoms with Gasteiger partial charge >= 0.3 is 0 Å². The van der Waals surface area contributed by atoms with Gasteiger partial charge in [0.25, 0.3) is 5.91 Å². The third kappa shape index (κ3) is 4.79. The molecule has 1 aliphatic heterocycles. The van der Waals surface area contributed by atoms with E-state index in [4.69, 9.17) is 16.3 Å². The van der Waals surface area contributed by atoms with Crippen molar-refractivity contribution < 1.29 is 9.53 Å². The Kier molecular flexibility index (Phi) is 6.33. The van der Waals surface area contributed by atoms with Crippen LogP contribution >= 0.6 is 11.6 Å². The molecule has 5 nitrogen and oxygen atoms in total. The Hall–Kier alpha value is -2.55. The number of ether oxygens (including phenoxy) is 1. The molecule has 1 unspecified atom stereocenters. The number of nitriles is 1. The number of piperazine rings is 1. The second kappa shape index (κ2) is 8.90. The fraction of sp³-hybridized carbons (Fsp3) is 0.333. The second-order valence-corrected chi connectivity index (χ2v) is 6.98. The van der Waals surface area contributed by atoms with E-state index < -0.39 is 0 Å². The maximum Gasteiger partial charge on any atom is 0.260 e.